The van der Waals surface area contributed by atoms with Gasteiger partial charge in [0.25, 0.3) is 11.8 Å². The predicted molar refractivity (Wildman–Crippen MR) is 62.8 cm³/mol. The molecule has 2 aromatic heterocycles. The molecule has 0 aromatic carbocycles. The quantitative estimate of drug-likeness (QED) is 0.717. The van der Waals surface area contributed by atoms with Gasteiger partial charge in [-0.3, -0.25) is 25.5 Å². The molecule has 0 bridgehead atoms. The first-order valence-corrected chi connectivity index (χ1v) is 5.71. The molecule has 88 valence electrons. The van der Waals surface area contributed by atoms with Crippen LogP contribution in [0.3, 0.4) is 0 Å². The number of thiophene rings is 1. The van der Waals surface area contributed by atoms with E-state index in [-0.39, 0.29) is 5.69 Å². The second kappa shape index (κ2) is 4.98. The Labute approximate surface area is 105 Å². The van der Waals surface area contributed by atoms with Crippen LogP contribution in [-0.2, 0) is 0 Å². The van der Waals surface area contributed by atoms with Crippen molar-refractivity contribution in [3.8, 4) is 0 Å². The van der Waals surface area contributed by atoms with Gasteiger partial charge in [-0.05, 0) is 18.2 Å². The lowest BCUT2D eigenvalue weighted by molar-refractivity contribution is 0.0846. The van der Waals surface area contributed by atoms with E-state index in [1.807, 2.05) is 0 Å². The van der Waals surface area contributed by atoms with Crippen LogP contribution in [0.15, 0.2) is 24.4 Å². The summed E-state index contributed by atoms with van der Waals surface area (Å²) in [6.07, 6.45) is 1.44. The fraction of sp³-hybridized carbons (Fsp3) is 0. The highest BCUT2D eigenvalue weighted by Gasteiger charge is 2.11. The van der Waals surface area contributed by atoms with Gasteiger partial charge in [0.2, 0.25) is 0 Å². The monoisotopic (exact) mass is 270 g/mol. The van der Waals surface area contributed by atoms with Crippen molar-refractivity contribution in [2.45, 2.75) is 0 Å². The molecule has 0 saturated heterocycles. The van der Waals surface area contributed by atoms with Gasteiger partial charge >= 0.3 is 0 Å². The first kappa shape index (κ1) is 11.6. The largest absolute Gasteiger partial charge is 0.287 e. The number of nitrogens with one attached hydrogen (secondary N) is 3. The van der Waals surface area contributed by atoms with E-state index in [2.05, 4.69) is 21.0 Å². The number of amides is 2. The predicted octanol–water partition coefficient (Wildman–Crippen LogP) is 1.20. The van der Waals surface area contributed by atoms with Crippen LogP contribution in [0.4, 0.5) is 0 Å². The summed E-state index contributed by atoms with van der Waals surface area (Å²) in [5, 5.41) is 6.09. The van der Waals surface area contributed by atoms with Crippen molar-refractivity contribution in [3.05, 3.63) is 39.3 Å². The van der Waals surface area contributed by atoms with Crippen LogP contribution >= 0.6 is 22.9 Å². The average Bonchev–Trinajstić information content (AvgIpc) is 2.95. The maximum absolute atomic E-state index is 11.5. The SMILES string of the molecule is O=C(NNC(=O)c1ccc(Cl)s1)c1ccn[nH]1. The number of hydrogen-bond acceptors (Lipinski definition) is 4. The molecule has 0 aliphatic heterocycles. The van der Waals surface area contributed by atoms with Crippen molar-refractivity contribution in [1.82, 2.24) is 21.0 Å². The Bertz CT molecular complexity index is 537. The highest BCUT2D eigenvalue weighted by Crippen LogP contribution is 2.20. The molecule has 0 spiro atoms. The number of aromatic amines is 1. The summed E-state index contributed by atoms with van der Waals surface area (Å²) in [7, 11) is 0. The zero-order chi connectivity index (χ0) is 12.3. The Morgan fingerprint density at radius 1 is 1.24 bits per heavy atom. The molecule has 8 heteroatoms. The summed E-state index contributed by atoms with van der Waals surface area (Å²) in [6, 6.07) is 4.67. The minimum atomic E-state index is -0.474. The van der Waals surface area contributed by atoms with Crippen molar-refractivity contribution in [3.63, 3.8) is 0 Å². The molecule has 2 aromatic rings. The molecular formula is C9H7ClN4O2S. The Hall–Kier alpha value is -1.86. The number of rotatable bonds is 2. The molecule has 6 nitrogen and oxygen atoms in total. The topological polar surface area (TPSA) is 86.9 Å². The summed E-state index contributed by atoms with van der Waals surface area (Å²) in [5.74, 6) is -0.895. The van der Waals surface area contributed by atoms with E-state index in [1.54, 1.807) is 12.1 Å². The standard InChI is InChI=1S/C9H7ClN4O2S/c10-7-2-1-6(17-7)9(16)14-13-8(15)5-3-4-11-12-5/h1-4H,(H,11,12)(H,13,15)(H,14,16). The number of hydrogen-bond donors (Lipinski definition) is 3. The average molecular weight is 271 g/mol. The number of carbonyl (C=O) groups is 2. The number of halogens is 1. The normalized spacial score (nSPS) is 9.94. The maximum Gasteiger partial charge on any atom is 0.287 e. The first-order valence-electron chi connectivity index (χ1n) is 4.52. The Balaban J connectivity index is 1.91. The minimum absolute atomic E-state index is 0.259. The van der Waals surface area contributed by atoms with E-state index in [1.165, 1.54) is 12.3 Å². The van der Waals surface area contributed by atoms with Crippen molar-refractivity contribution >= 4 is 34.8 Å². The van der Waals surface area contributed by atoms with Crippen molar-refractivity contribution < 1.29 is 9.59 Å². The molecule has 0 unspecified atom stereocenters. The van der Waals surface area contributed by atoms with E-state index < -0.39 is 11.8 Å². The fourth-order valence-corrected chi connectivity index (χ4v) is 2.00. The Morgan fingerprint density at radius 2 is 2.00 bits per heavy atom. The second-order valence-corrected chi connectivity index (χ2v) is 4.70. The van der Waals surface area contributed by atoms with Gasteiger partial charge in [-0.25, -0.2) is 0 Å². The van der Waals surface area contributed by atoms with Gasteiger partial charge in [-0.1, -0.05) is 11.6 Å². The van der Waals surface area contributed by atoms with Gasteiger partial charge < -0.3 is 0 Å². The van der Waals surface area contributed by atoms with Gasteiger partial charge in [0.05, 0.1) is 9.21 Å². The van der Waals surface area contributed by atoms with Gasteiger partial charge in [0.1, 0.15) is 5.69 Å². The van der Waals surface area contributed by atoms with Gasteiger partial charge in [-0.2, -0.15) is 5.10 Å². The summed E-state index contributed by atoms with van der Waals surface area (Å²) in [5.41, 5.74) is 4.77. The molecule has 2 amide bonds. The maximum atomic E-state index is 11.5. The van der Waals surface area contributed by atoms with Crippen molar-refractivity contribution in [2.75, 3.05) is 0 Å². The molecule has 0 radical (unpaired) electrons. The lowest BCUT2D eigenvalue weighted by Crippen LogP contribution is -2.41. The van der Waals surface area contributed by atoms with Crippen LogP contribution in [0.1, 0.15) is 20.2 Å². The van der Waals surface area contributed by atoms with Gasteiger partial charge in [0, 0.05) is 6.20 Å². The second-order valence-electron chi connectivity index (χ2n) is 2.98. The third-order valence-electron chi connectivity index (χ3n) is 1.83. The van der Waals surface area contributed by atoms with E-state index in [9.17, 15) is 9.59 Å². The molecular weight excluding hydrogens is 264 g/mol. The Morgan fingerprint density at radius 3 is 2.59 bits per heavy atom. The van der Waals surface area contributed by atoms with Crippen molar-refractivity contribution in [2.24, 2.45) is 0 Å². The molecule has 0 aliphatic carbocycles. The van der Waals surface area contributed by atoms with Gasteiger partial charge in [0.15, 0.2) is 0 Å². The molecule has 0 aliphatic rings. The number of hydrazine groups is 1. The molecule has 0 atom stereocenters. The number of aromatic nitrogens is 2. The lowest BCUT2D eigenvalue weighted by atomic mass is 10.4. The minimum Gasteiger partial charge on any atom is -0.273 e. The number of nitrogens with zero attached hydrogens (tertiary/aromatic N) is 1. The zero-order valence-electron chi connectivity index (χ0n) is 8.36. The molecule has 0 fully saturated rings. The van der Waals surface area contributed by atoms with E-state index >= 15 is 0 Å². The van der Waals surface area contributed by atoms with Crippen LogP contribution < -0.4 is 10.9 Å². The van der Waals surface area contributed by atoms with E-state index in [0.717, 1.165) is 11.3 Å². The van der Waals surface area contributed by atoms with Crippen LogP contribution in [0.5, 0.6) is 0 Å². The molecule has 2 heterocycles. The number of H-pyrrole nitrogens is 1. The molecule has 0 saturated carbocycles. The molecule has 17 heavy (non-hydrogen) atoms. The molecule has 3 N–H and O–H groups in total. The summed E-state index contributed by atoms with van der Waals surface area (Å²) < 4.78 is 0.509. The summed E-state index contributed by atoms with van der Waals surface area (Å²) >= 11 is 6.81. The first-order chi connectivity index (χ1) is 8.16. The van der Waals surface area contributed by atoms with Gasteiger partial charge in [-0.15, -0.1) is 11.3 Å². The third kappa shape index (κ3) is 2.83. The highest BCUT2D eigenvalue weighted by atomic mass is 35.5. The summed E-state index contributed by atoms with van der Waals surface area (Å²) in [6.45, 7) is 0. The van der Waals surface area contributed by atoms with Crippen LogP contribution in [0.25, 0.3) is 0 Å². The zero-order valence-corrected chi connectivity index (χ0v) is 9.93. The fourth-order valence-electron chi connectivity index (χ4n) is 1.06. The highest BCUT2D eigenvalue weighted by molar-refractivity contribution is 7.17. The van der Waals surface area contributed by atoms with E-state index in [0.29, 0.717) is 9.21 Å². The summed E-state index contributed by atoms with van der Waals surface area (Å²) in [4.78, 5) is 23.4. The third-order valence-corrected chi connectivity index (χ3v) is 3.06. The number of carbonyl (C=O) groups excluding carboxylic acids is 2. The van der Waals surface area contributed by atoms with Crippen LogP contribution in [0, 0.1) is 0 Å². The Kier molecular flexibility index (Phi) is 3.40. The van der Waals surface area contributed by atoms with E-state index in [4.69, 9.17) is 11.6 Å². The van der Waals surface area contributed by atoms with Crippen LogP contribution in [-0.4, -0.2) is 22.0 Å². The van der Waals surface area contributed by atoms with Crippen LogP contribution in [0.2, 0.25) is 4.34 Å². The smallest absolute Gasteiger partial charge is 0.273 e. The lowest BCUT2D eigenvalue weighted by Gasteiger charge is -2.03. The van der Waals surface area contributed by atoms with Crippen molar-refractivity contribution in [1.29, 1.82) is 0 Å². The molecule has 2 rings (SSSR count).